The summed E-state index contributed by atoms with van der Waals surface area (Å²) < 4.78 is 5.06. The molecule has 2 heterocycles. The maximum atomic E-state index is 5.55. The van der Waals surface area contributed by atoms with Crippen LogP contribution in [0, 0.1) is 0 Å². The van der Waals surface area contributed by atoms with E-state index in [1.165, 1.54) is 6.33 Å². The molecule has 90 valence electrons. The zero-order chi connectivity index (χ0) is 12.1. The van der Waals surface area contributed by atoms with E-state index in [1.807, 2.05) is 6.20 Å². The number of methoxy groups -OCH3 is 1. The fraction of sp³-hybridized carbons (Fsp3) is 0.300. The minimum Gasteiger partial charge on any atom is -0.481 e. The van der Waals surface area contributed by atoms with E-state index in [0.717, 1.165) is 17.0 Å². The molecule has 1 unspecified atom stereocenters. The van der Waals surface area contributed by atoms with Gasteiger partial charge in [-0.2, -0.15) is 0 Å². The van der Waals surface area contributed by atoms with Crippen LogP contribution in [0.2, 0.25) is 0 Å². The minimum absolute atomic E-state index is 0.0765. The van der Waals surface area contributed by atoms with Crippen molar-refractivity contribution in [2.24, 2.45) is 5.84 Å². The predicted octanol–water partition coefficient (Wildman–Crippen LogP) is 0.689. The van der Waals surface area contributed by atoms with E-state index in [2.05, 4.69) is 20.4 Å². The normalized spacial score (nSPS) is 12.4. The summed E-state index contributed by atoms with van der Waals surface area (Å²) in [7, 11) is 1.57. The van der Waals surface area contributed by atoms with Gasteiger partial charge in [0.2, 0.25) is 5.88 Å². The number of aromatic nitrogens is 3. The first-order valence-electron chi connectivity index (χ1n) is 5.03. The lowest BCUT2D eigenvalue weighted by molar-refractivity contribution is 0.394. The van der Waals surface area contributed by atoms with Gasteiger partial charge in [-0.1, -0.05) is 0 Å². The highest BCUT2D eigenvalue weighted by Crippen LogP contribution is 2.19. The number of hydrogen-bond donors (Lipinski definition) is 2. The third-order valence-corrected chi connectivity index (χ3v) is 3.12. The van der Waals surface area contributed by atoms with Gasteiger partial charge in [0.1, 0.15) is 6.33 Å². The molecule has 3 N–H and O–H groups in total. The molecule has 0 fully saturated rings. The molecule has 2 aromatic rings. The molecule has 0 saturated heterocycles. The maximum absolute atomic E-state index is 5.55. The summed E-state index contributed by atoms with van der Waals surface area (Å²) in [6.45, 7) is 0. The number of rotatable bonds is 5. The van der Waals surface area contributed by atoms with Crippen molar-refractivity contribution in [3.8, 4) is 5.88 Å². The molecule has 2 rings (SSSR count). The highest BCUT2D eigenvalue weighted by atomic mass is 32.1. The van der Waals surface area contributed by atoms with Gasteiger partial charge in [-0.3, -0.25) is 16.3 Å². The van der Waals surface area contributed by atoms with Gasteiger partial charge in [0.05, 0.1) is 24.4 Å². The first-order valence-corrected chi connectivity index (χ1v) is 5.91. The molecule has 17 heavy (non-hydrogen) atoms. The second-order valence-electron chi connectivity index (χ2n) is 3.38. The quantitative estimate of drug-likeness (QED) is 0.600. The van der Waals surface area contributed by atoms with Crippen molar-refractivity contribution >= 4 is 11.3 Å². The van der Waals surface area contributed by atoms with Gasteiger partial charge in [0, 0.05) is 23.6 Å². The summed E-state index contributed by atoms with van der Waals surface area (Å²) in [5.74, 6) is 6.07. The summed E-state index contributed by atoms with van der Waals surface area (Å²) >= 11 is 1.59. The number of nitrogens with zero attached hydrogens (tertiary/aromatic N) is 3. The largest absolute Gasteiger partial charge is 0.481 e. The van der Waals surface area contributed by atoms with Crippen LogP contribution in [-0.2, 0) is 6.42 Å². The van der Waals surface area contributed by atoms with Crippen LogP contribution in [0.5, 0.6) is 5.88 Å². The summed E-state index contributed by atoms with van der Waals surface area (Å²) in [5.41, 5.74) is 5.33. The zero-order valence-electron chi connectivity index (χ0n) is 9.33. The SMILES string of the molecule is COc1cc(C(Cc2cncs2)NN)ncn1. The summed E-state index contributed by atoms with van der Waals surface area (Å²) in [4.78, 5) is 13.3. The predicted molar refractivity (Wildman–Crippen MR) is 64.5 cm³/mol. The van der Waals surface area contributed by atoms with Crippen molar-refractivity contribution in [2.45, 2.75) is 12.5 Å². The third-order valence-electron chi connectivity index (χ3n) is 2.32. The molecule has 0 spiro atoms. The van der Waals surface area contributed by atoms with Crippen molar-refractivity contribution in [3.05, 3.63) is 34.7 Å². The first kappa shape index (κ1) is 11.9. The van der Waals surface area contributed by atoms with E-state index < -0.39 is 0 Å². The van der Waals surface area contributed by atoms with Crippen LogP contribution < -0.4 is 16.0 Å². The van der Waals surface area contributed by atoms with Crippen molar-refractivity contribution in [2.75, 3.05) is 7.11 Å². The fourth-order valence-corrected chi connectivity index (χ4v) is 2.09. The van der Waals surface area contributed by atoms with Crippen LogP contribution in [0.1, 0.15) is 16.6 Å². The Labute approximate surface area is 103 Å². The lowest BCUT2D eigenvalue weighted by Crippen LogP contribution is -2.30. The van der Waals surface area contributed by atoms with Crippen molar-refractivity contribution in [1.29, 1.82) is 0 Å². The first-order chi connectivity index (χ1) is 8.33. The molecule has 0 aliphatic heterocycles. The van der Waals surface area contributed by atoms with E-state index in [4.69, 9.17) is 10.6 Å². The van der Waals surface area contributed by atoms with E-state index in [-0.39, 0.29) is 6.04 Å². The molecule has 0 amide bonds. The molecular formula is C10H13N5OS. The second-order valence-corrected chi connectivity index (χ2v) is 4.35. The van der Waals surface area contributed by atoms with Gasteiger partial charge >= 0.3 is 0 Å². The van der Waals surface area contributed by atoms with E-state index in [1.54, 1.807) is 30.0 Å². The van der Waals surface area contributed by atoms with Crippen molar-refractivity contribution < 1.29 is 4.74 Å². The Morgan fingerprint density at radius 3 is 3.06 bits per heavy atom. The van der Waals surface area contributed by atoms with Crippen molar-refractivity contribution in [1.82, 2.24) is 20.4 Å². The highest BCUT2D eigenvalue weighted by Gasteiger charge is 2.14. The topological polar surface area (TPSA) is 86.0 Å². The molecule has 0 saturated carbocycles. The average molecular weight is 251 g/mol. The number of thiazole rings is 1. The van der Waals surface area contributed by atoms with Gasteiger partial charge < -0.3 is 4.74 Å². The molecule has 0 aliphatic rings. The van der Waals surface area contributed by atoms with E-state index in [0.29, 0.717) is 5.88 Å². The molecule has 6 nitrogen and oxygen atoms in total. The van der Waals surface area contributed by atoms with Gasteiger partial charge in [0.25, 0.3) is 0 Å². The fourth-order valence-electron chi connectivity index (χ4n) is 1.45. The Balaban J connectivity index is 2.16. The van der Waals surface area contributed by atoms with Crippen LogP contribution in [0.3, 0.4) is 0 Å². The Bertz CT molecular complexity index is 461. The Morgan fingerprint density at radius 1 is 1.53 bits per heavy atom. The second kappa shape index (κ2) is 5.67. The molecule has 2 aromatic heterocycles. The van der Waals surface area contributed by atoms with Gasteiger partial charge in [-0.05, 0) is 0 Å². The Morgan fingerprint density at radius 2 is 2.41 bits per heavy atom. The molecular weight excluding hydrogens is 238 g/mol. The smallest absolute Gasteiger partial charge is 0.216 e. The average Bonchev–Trinajstić information content (AvgIpc) is 2.89. The summed E-state index contributed by atoms with van der Waals surface area (Å²) in [6.07, 6.45) is 4.03. The summed E-state index contributed by atoms with van der Waals surface area (Å²) in [6, 6.07) is 1.69. The standard InChI is InChI=1S/C10H13N5OS/c1-16-10-3-8(13-5-14-10)9(15-11)2-7-4-12-6-17-7/h3-6,9,15H,2,11H2,1H3. The summed E-state index contributed by atoms with van der Waals surface area (Å²) in [5, 5.41) is 0. The molecule has 7 heteroatoms. The van der Waals surface area contributed by atoms with Gasteiger partial charge in [0.15, 0.2) is 0 Å². The number of nitrogens with two attached hydrogens (primary N) is 1. The van der Waals surface area contributed by atoms with E-state index in [9.17, 15) is 0 Å². The monoisotopic (exact) mass is 251 g/mol. The van der Waals surface area contributed by atoms with Crippen LogP contribution in [0.25, 0.3) is 0 Å². The molecule has 0 bridgehead atoms. The third kappa shape index (κ3) is 2.96. The van der Waals surface area contributed by atoms with Crippen LogP contribution >= 0.6 is 11.3 Å². The number of hydrazine groups is 1. The molecule has 0 radical (unpaired) electrons. The Kier molecular flexibility index (Phi) is 3.97. The lowest BCUT2D eigenvalue weighted by atomic mass is 10.1. The van der Waals surface area contributed by atoms with Crippen LogP contribution in [0.15, 0.2) is 24.1 Å². The molecule has 0 aromatic carbocycles. The van der Waals surface area contributed by atoms with E-state index >= 15 is 0 Å². The lowest BCUT2D eigenvalue weighted by Gasteiger charge is -2.14. The zero-order valence-corrected chi connectivity index (χ0v) is 10.1. The van der Waals surface area contributed by atoms with Crippen molar-refractivity contribution in [3.63, 3.8) is 0 Å². The molecule has 1 atom stereocenters. The number of hydrogen-bond acceptors (Lipinski definition) is 7. The highest BCUT2D eigenvalue weighted by molar-refractivity contribution is 7.09. The minimum atomic E-state index is -0.0765. The van der Waals surface area contributed by atoms with Gasteiger partial charge in [-0.25, -0.2) is 9.97 Å². The van der Waals surface area contributed by atoms with Crippen LogP contribution in [-0.4, -0.2) is 22.1 Å². The Hall–Kier alpha value is -1.57. The number of ether oxygens (including phenoxy) is 1. The maximum Gasteiger partial charge on any atom is 0.216 e. The van der Waals surface area contributed by atoms with Gasteiger partial charge in [-0.15, -0.1) is 11.3 Å². The molecule has 0 aliphatic carbocycles. The number of nitrogens with one attached hydrogen (secondary N) is 1. The van der Waals surface area contributed by atoms with Crippen LogP contribution in [0.4, 0.5) is 0 Å².